The number of fused-ring (bicyclic) bond motifs is 12. The predicted molar refractivity (Wildman–Crippen MR) is 406 cm³/mol. The van der Waals surface area contributed by atoms with Crippen molar-refractivity contribution in [3.63, 3.8) is 0 Å². The summed E-state index contributed by atoms with van der Waals surface area (Å²) in [5.74, 6) is 1.47. The molecule has 0 bridgehead atoms. The van der Waals surface area contributed by atoms with Gasteiger partial charge in [0.2, 0.25) is 0 Å². The van der Waals surface area contributed by atoms with Crippen LogP contribution in [0.5, 0.6) is 11.5 Å². The van der Waals surface area contributed by atoms with Gasteiger partial charge >= 0.3 is 6.71 Å². The molecule has 0 aliphatic carbocycles. The Bertz CT molecular complexity index is 5630. The molecule has 98 heavy (non-hydrogen) atoms. The average molecular weight is 1250 g/mol. The van der Waals surface area contributed by atoms with Crippen molar-refractivity contribution in [2.75, 3.05) is 24.5 Å². The van der Waals surface area contributed by atoms with E-state index >= 15 is 0 Å². The first kappa shape index (κ1) is 55.5. The molecule has 0 saturated carbocycles. The maximum atomic E-state index is 7.65. The Hall–Kier alpha value is -12.9. The first-order valence-corrected chi connectivity index (χ1v) is 33.5. The molecule has 0 fully saturated rings. The van der Waals surface area contributed by atoms with Crippen molar-refractivity contribution in [2.45, 2.75) is 0 Å². The van der Waals surface area contributed by atoms with Gasteiger partial charge in [0, 0.05) is 90.6 Å². The number of hydrogen-bond donors (Lipinski definition) is 0. The number of furan rings is 2. The molecule has 0 unspecified atom stereocenters. The van der Waals surface area contributed by atoms with Crippen LogP contribution in [0.1, 0.15) is 0 Å². The van der Waals surface area contributed by atoms with Gasteiger partial charge in [0.1, 0.15) is 22.6 Å². The van der Waals surface area contributed by atoms with Crippen LogP contribution < -0.4 is 62.4 Å². The molecule has 14 aromatic carbocycles. The standard InChI is InChI=1S/C88H57B2N5O3/c1-9-30-58(31-10-1)68-48-29-49-69(59-32-11-2-12-33-59)84(68)95-75-57-74-72(90-83-78(93(74)64-42-21-7-22-43-64)54-67(92(62-38-17-5-18-39-62)63-40-19-6-20-41-63)55-81(83)96-86-71-47-26-28-51-80(71)98-88(86)90)56-73(75)89-82-76(94(65-44-23-8-24-45-65)85-70-46-25-27-50-79(70)97-87(85)89)52-66(53-77(82)95)91(60-34-13-3-14-35-60)61-36-15-4-16-37-61/h1-57H. The van der Waals surface area contributed by atoms with Crippen LogP contribution in [-0.2, 0) is 0 Å². The normalized spacial score (nSPS) is 12.9. The average Bonchev–Trinajstić information content (AvgIpc) is 1.50. The van der Waals surface area contributed by atoms with Crippen molar-refractivity contribution in [3.05, 3.63) is 346 Å². The molecule has 0 N–H and O–H groups in total. The smallest absolute Gasteiger partial charge is 0.301 e. The molecule has 4 aliphatic heterocycles. The van der Waals surface area contributed by atoms with Gasteiger partial charge in [-0.2, -0.15) is 0 Å². The van der Waals surface area contributed by atoms with Gasteiger partial charge in [-0.1, -0.05) is 218 Å². The highest BCUT2D eigenvalue weighted by molar-refractivity contribution is 7.02. The van der Waals surface area contributed by atoms with E-state index in [4.69, 9.17) is 13.6 Å². The first-order valence-electron chi connectivity index (χ1n) is 33.5. The van der Waals surface area contributed by atoms with Crippen LogP contribution in [0.2, 0.25) is 0 Å². The van der Waals surface area contributed by atoms with E-state index in [1.165, 1.54) is 0 Å². The lowest BCUT2D eigenvalue weighted by Gasteiger charge is -2.46. The summed E-state index contributed by atoms with van der Waals surface area (Å²) >= 11 is 0. The monoisotopic (exact) mass is 1250 g/mol. The van der Waals surface area contributed by atoms with Gasteiger partial charge in [0.15, 0.2) is 5.75 Å². The number of benzene rings is 14. The van der Waals surface area contributed by atoms with Crippen LogP contribution in [0.25, 0.3) is 44.2 Å². The van der Waals surface area contributed by atoms with Crippen LogP contribution in [0.3, 0.4) is 0 Å². The molecule has 6 heterocycles. The van der Waals surface area contributed by atoms with Crippen molar-refractivity contribution < 1.29 is 13.6 Å². The lowest BCUT2D eigenvalue weighted by atomic mass is 9.32. The van der Waals surface area contributed by atoms with E-state index in [0.29, 0.717) is 5.75 Å². The number of ether oxygens (including phenoxy) is 1. The van der Waals surface area contributed by atoms with Crippen molar-refractivity contribution in [1.82, 2.24) is 0 Å². The fourth-order valence-electron chi connectivity index (χ4n) is 15.9. The minimum atomic E-state index is -0.451. The van der Waals surface area contributed by atoms with Crippen molar-refractivity contribution in [3.8, 4) is 33.8 Å². The summed E-state index contributed by atoms with van der Waals surface area (Å²) in [5, 5.41) is 1.94. The molecule has 0 amide bonds. The highest BCUT2D eigenvalue weighted by Crippen LogP contribution is 2.55. The molecule has 458 valence electrons. The molecule has 4 aliphatic rings. The zero-order chi connectivity index (χ0) is 64.4. The van der Waals surface area contributed by atoms with Gasteiger partial charge in [-0.15, -0.1) is 0 Å². The molecule has 0 atom stereocenters. The Morgan fingerprint density at radius 1 is 0.276 bits per heavy atom. The predicted octanol–water partition coefficient (Wildman–Crippen LogP) is 19.9. The Morgan fingerprint density at radius 3 is 1.20 bits per heavy atom. The Morgan fingerprint density at radius 2 is 0.673 bits per heavy atom. The molecule has 10 heteroatoms. The second kappa shape index (κ2) is 22.4. The highest BCUT2D eigenvalue weighted by Gasteiger charge is 2.52. The molecule has 16 aromatic rings. The lowest BCUT2D eigenvalue weighted by molar-refractivity contribution is 0.482. The van der Waals surface area contributed by atoms with E-state index in [-0.39, 0.29) is 0 Å². The van der Waals surface area contributed by atoms with E-state index in [2.05, 4.69) is 364 Å². The molecule has 0 spiro atoms. The van der Waals surface area contributed by atoms with E-state index in [1.807, 2.05) is 6.07 Å². The zero-order valence-electron chi connectivity index (χ0n) is 53.0. The van der Waals surface area contributed by atoms with Gasteiger partial charge in [-0.25, -0.2) is 0 Å². The number of rotatable bonds is 11. The second-order valence-corrected chi connectivity index (χ2v) is 25.4. The van der Waals surface area contributed by atoms with Crippen LogP contribution in [-0.4, -0.2) is 13.4 Å². The Kier molecular flexibility index (Phi) is 12.7. The molecular weight excluding hydrogens is 1200 g/mol. The van der Waals surface area contributed by atoms with Crippen molar-refractivity contribution >= 4 is 154 Å². The Balaban J connectivity index is 0.962. The number of hydrogen-bond acceptors (Lipinski definition) is 8. The summed E-state index contributed by atoms with van der Waals surface area (Å²) in [6.07, 6.45) is 0. The quantitative estimate of drug-likeness (QED) is 0.119. The summed E-state index contributed by atoms with van der Waals surface area (Å²) in [5.41, 5.74) is 26.9. The third-order valence-electron chi connectivity index (χ3n) is 20.0. The lowest BCUT2D eigenvalue weighted by Crippen LogP contribution is -2.64. The van der Waals surface area contributed by atoms with E-state index < -0.39 is 13.4 Å². The first-order chi connectivity index (χ1) is 48.7. The molecule has 8 nitrogen and oxygen atoms in total. The number of para-hydroxylation sites is 9. The topological polar surface area (TPSA) is 51.7 Å². The third-order valence-corrected chi connectivity index (χ3v) is 20.0. The van der Waals surface area contributed by atoms with Gasteiger partial charge < -0.3 is 38.1 Å². The molecule has 0 saturated heterocycles. The maximum absolute atomic E-state index is 7.65. The van der Waals surface area contributed by atoms with E-state index in [9.17, 15) is 0 Å². The van der Waals surface area contributed by atoms with Gasteiger partial charge in [-0.3, -0.25) is 0 Å². The zero-order valence-corrected chi connectivity index (χ0v) is 53.0. The fourth-order valence-corrected chi connectivity index (χ4v) is 15.9. The van der Waals surface area contributed by atoms with Gasteiger partial charge in [-0.05, 0) is 149 Å². The van der Waals surface area contributed by atoms with Gasteiger partial charge in [0.05, 0.1) is 33.8 Å². The maximum Gasteiger partial charge on any atom is 0.301 e. The minimum Gasteiger partial charge on any atom is -0.468 e. The van der Waals surface area contributed by atoms with Crippen molar-refractivity contribution in [1.29, 1.82) is 0 Å². The highest BCUT2D eigenvalue weighted by atomic mass is 16.5. The van der Waals surface area contributed by atoms with Crippen LogP contribution >= 0.6 is 0 Å². The minimum absolute atomic E-state index is 0.439. The summed E-state index contributed by atoms with van der Waals surface area (Å²) in [7, 11) is 0. The molecule has 0 radical (unpaired) electrons. The SMILES string of the molecule is c1ccc(-c2cccc(-c3ccccc3)c2N2c3cc4c(cc3B3c5oc6ccccc6c5N(c5ccccc5)c5cc(N(c6ccccc6)c6ccccc6)cc2c53)B2c3oc5ccccc5c3Oc3cc(N(c5ccccc5)c5ccccc5)cc(c32)N4c2ccccc2)cc1. The van der Waals surface area contributed by atoms with E-state index in [1.54, 1.807) is 0 Å². The second-order valence-electron chi connectivity index (χ2n) is 25.4. The number of nitrogens with zero attached hydrogens (tertiary/aromatic N) is 5. The van der Waals surface area contributed by atoms with Crippen LogP contribution in [0.15, 0.2) is 355 Å². The third kappa shape index (κ3) is 8.60. The molecule has 2 aromatic heterocycles. The Labute approximate surface area is 568 Å². The molecule has 20 rings (SSSR count). The summed E-state index contributed by atoms with van der Waals surface area (Å²) in [4.78, 5) is 12.3. The largest absolute Gasteiger partial charge is 0.468 e. The van der Waals surface area contributed by atoms with Crippen molar-refractivity contribution in [2.24, 2.45) is 0 Å². The van der Waals surface area contributed by atoms with Crippen LogP contribution in [0, 0.1) is 0 Å². The van der Waals surface area contributed by atoms with E-state index in [0.717, 1.165) is 168 Å². The summed E-state index contributed by atoms with van der Waals surface area (Å²) < 4.78 is 22.5. The van der Waals surface area contributed by atoms with Crippen LogP contribution in [0.4, 0.5) is 85.3 Å². The van der Waals surface area contributed by atoms with Gasteiger partial charge in [0.25, 0.3) is 6.71 Å². The fraction of sp³-hybridized carbons (Fsp3) is 0. The summed E-state index contributed by atoms with van der Waals surface area (Å²) in [6.45, 7) is -0.891. The summed E-state index contributed by atoms with van der Waals surface area (Å²) in [6, 6.07) is 125. The molecular formula is C88H57B2N5O3. The number of anilines is 15.